The molecule has 0 fully saturated rings. The Labute approximate surface area is 627 Å². The van der Waals surface area contributed by atoms with Gasteiger partial charge in [0.25, 0.3) is 0 Å². The van der Waals surface area contributed by atoms with Crippen LogP contribution in [0.4, 0.5) is 0 Å². The van der Waals surface area contributed by atoms with Crippen LogP contribution in [0.15, 0.2) is 364 Å². The predicted octanol–water partition coefficient (Wildman–Crippen LogP) is 31.4. The monoisotopic (exact) mass is 1410 g/mol. The molecule has 23 rings (SSSR count). The first kappa shape index (κ1) is 61.1. The second-order valence-corrected chi connectivity index (χ2v) is 32.2. The molecule has 0 aliphatic carbocycles. The third-order valence-corrected chi connectivity index (χ3v) is 27.0. The van der Waals surface area contributed by atoms with Gasteiger partial charge in [-0.1, -0.05) is 297 Å². The third-order valence-electron chi connectivity index (χ3n) is 22.1. The van der Waals surface area contributed by atoms with Crippen molar-refractivity contribution in [1.29, 1.82) is 0 Å². The van der Waals surface area contributed by atoms with Crippen LogP contribution in [0.3, 0.4) is 0 Å². The maximum Gasteiger partial charge on any atom is 0.0433 e. The minimum Gasteiger partial charge on any atom is -0.135 e. The van der Waals surface area contributed by atoms with E-state index in [2.05, 4.69) is 364 Å². The molecule has 0 amide bonds. The lowest BCUT2D eigenvalue weighted by Crippen LogP contribution is -1.87. The molecule has 0 spiro atoms. The van der Waals surface area contributed by atoms with Crippen molar-refractivity contribution in [2.24, 2.45) is 0 Å². The normalized spacial score (nSPS) is 12.0. The molecular formula is C102H60S4. The number of rotatable bonds is 7. The highest BCUT2D eigenvalue weighted by atomic mass is 32.1. The van der Waals surface area contributed by atoms with E-state index in [1.807, 2.05) is 45.3 Å². The molecule has 4 heteroatoms. The lowest BCUT2D eigenvalue weighted by atomic mass is 9.89. The maximum absolute atomic E-state index is 2.43. The van der Waals surface area contributed by atoms with Crippen molar-refractivity contribution in [2.75, 3.05) is 0 Å². The number of benzene rings is 19. The van der Waals surface area contributed by atoms with Gasteiger partial charge in [-0.3, -0.25) is 0 Å². The van der Waals surface area contributed by atoms with E-state index in [0.717, 1.165) is 0 Å². The molecule has 0 N–H and O–H groups in total. The van der Waals surface area contributed by atoms with Gasteiger partial charge in [0.05, 0.1) is 0 Å². The topological polar surface area (TPSA) is 0 Å². The Bertz CT molecular complexity index is 7410. The van der Waals surface area contributed by atoms with Crippen molar-refractivity contribution < 1.29 is 0 Å². The van der Waals surface area contributed by atoms with Gasteiger partial charge in [-0.25, -0.2) is 0 Å². The van der Waals surface area contributed by atoms with E-state index in [0.29, 0.717) is 0 Å². The fraction of sp³-hybridized carbons (Fsp3) is 0. The summed E-state index contributed by atoms with van der Waals surface area (Å²) >= 11 is 7.57. The molecule has 0 radical (unpaired) electrons. The van der Waals surface area contributed by atoms with Gasteiger partial charge in [-0.15, -0.1) is 45.3 Å². The molecule has 0 nitrogen and oxygen atoms in total. The lowest BCUT2D eigenvalue weighted by Gasteiger charge is -2.14. The summed E-state index contributed by atoms with van der Waals surface area (Å²) in [6.07, 6.45) is 0. The van der Waals surface area contributed by atoms with Gasteiger partial charge < -0.3 is 0 Å². The van der Waals surface area contributed by atoms with Gasteiger partial charge in [0.2, 0.25) is 0 Å². The first-order valence-electron chi connectivity index (χ1n) is 36.2. The summed E-state index contributed by atoms with van der Waals surface area (Å²) in [7, 11) is 0. The van der Waals surface area contributed by atoms with Crippen LogP contribution in [0.1, 0.15) is 0 Å². The average molecular weight is 1410 g/mol. The zero-order valence-electron chi connectivity index (χ0n) is 57.3. The van der Waals surface area contributed by atoms with E-state index in [1.165, 1.54) is 223 Å². The number of hydrogen-bond donors (Lipinski definition) is 0. The van der Waals surface area contributed by atoms with Crippen molar-refractivity contribution in [3.8, 4) is 77.9 Å². The Morgan fingerprint density at radius 3 is 0.604 bits per heavy atom. The van der Waals surface area contributed by atoms with Gasteiger partial charge in [0.15, 0.2) is 0 Å². The summed E-state index contributed by atoms with van der Waals surface area (Å²) in [5.41, 5.74) is 17.6. The molecule has 0 aliphatic rings. The van der Waals surface area contributed by atoms with E-state index in [9.17, 15) is 0 Å². The summed E-state index contributed by atoms with van der Waals surface area (Å²) in [6.45, 7) is 0. The molecule has 4 aromatic heterocycles. The Balaban J connectivity index is 0.000000133. The number of fused-ring (bicyclic) bond motifs is 24. The smallest absolute Gasteiger partial charge is 0.0433 e. The molecule has 0 atom stereocenters. The molecule has 492 valence electrons. The van der Waals surface area contributed by atoms with Crippen LogP contribution in [0.5, 0.6) is 0 Å². The van der Waals surface area contributed by atoms with Crippen molar-refractivity contribution in [3.63, 3.8) is 0 Å². The Morgan fingerprint density at radius 1 is 0.113 bits per heavy atom. The molecule has 106 heavy (non-hydrogen) atoms. The fourth-order valence-corrected chi connectivity index (χ4v) is 22.1. The Morgan fingerprint density at radius 2 is 0.302 bits per heavy atom. The molecule has 0 aliphatic heterocycles. The summed E-state index contributed by atoms with van der Waals surface area (Å²) < 4.78 is 10.7. The first-order valence-corrected chi connectivity index (χ1v) is 39.5. The largest absolute Gasteiger partial charge is 0.135 e. The third kappa shape index (κ3) is 9.90. The molecule has 0 unspecified atom stereocenters. The SMILES string of the molecule is c1cc(-c2ccc3c(c2)c2ccccc2c2ccc(-c4cccc(-c5cccc6c5sc5ccccc56)c4)cc23)cc(-c2cccc3c2sc2ccccc23)c1.c1cc(-c2ccc3c4ccccc4c4cc(-c5cccc6c5sc5ccccc56)ccc4c3c2)cc(-c2cccc3c2sc2ccccc23)c1. The number of hydrogen-bond acceptors (Lipinski definition) is 4. The van der Waals surface area contributed by atoms with Crippen molar-refractivity contribution in [1.82, 2.24) is 0 Å². The standard InChI is InChI=1S/C54H32S2.C48H28S2/c1-2-16-42-41(15-1)43-27-25-35(33-11-7-13-37(29-33)39-19-9-21-47-45-17-3-5-23-51(45)55-53(39)47)32-50(43)44-28-26-36(31-49(42)44)34-12-8-14-38(30-34)40-20-10-22-48-46-18-4-6-24-52(46)56-54(40)48;1-2-13-36-35(12-1)37-24-22-30(29-10-7-11-31(26-29)33-16-8-18-41-39-14-3-5-20-45(39)49-47(33)41)27-43(37)38-25-23-32(28-44(36)38)34-17-9-19-42-40-15-4-6-21-46(40)50-48(34)42/h1-32H;1-28H. The molecule has 23 aromatic rings. The van der Waals surface area contributed by atoms with Crippen LogP contribution < -0.4 is 0 Å². The fourth-order valence-electron chi connectivity index (χ4n) is 17.1. The molecule has 19 aromatic carbocycles. The summed E-state index contributed by atoms with van der Waals surface area (Å²) in [5, 5.41) is 26.1. The predicted molar refractivity (Wildman–Crippen MR) is 468 cm³/mol. The second kappa shape index (κ2) is 24.6. The van der Waals surface area contributed by atoms with Gasteiger partial charge in [-0.2, -0.15) is 0 Å². The lowest BCUT2D eigenvalue weighted by molar-refractivity contribution is 1.63. The van der Waals surface area contributed by atoms with Gasteiger partial charge in [0.1, 0.15) is 0 Å². The number of thiophene rings is 4. The summed E-state index contributed by atoms with van der Waals surface area (Å²) in [6, 6.07) is 135. The minimum atomic E-state index is 1.23. The first-order chi connectivity index (χ1) is 52.5. The molecule has 0 saturated carbocycles. The zero-order chi connectivity index (χ0) is 69.5. The maximum atomic E-state index is 2.43. The summed E-state index contributed by atoms with van der Waals surface area (Å²) in [5.74, 6) is 0. The quantitative estimate of drug-likeness (QED) is 0.140. The molecule has 0 bridgehead atoms. The van der Waals surface area contributed by atoms with E-state index in [4.69, 9.17) is 0 Å². The van der Waals surface area contributed by atoms with E-state index >= 15 is 0 Å². The highest BCUT2D eigenvalue weighted by Crippen LogP contribution is 2.48. The zero-order valence-corrected chi connectivity index (χ0v) is 60.5. The Kier molecular flexibility index (Phi) is 14.2. The van der Waals surface area contributed by atoms with Crippen LogP contribution >= 0.6 is 45.3 Å². The summed E-state index contributed by atoms with van der Waals surface area (Å²) in [4.78, 5) is 0. The van der Waals surface area contributed by atoms with Crippen LogP contribution in [-0.2, 0) is 0 Å². The molecule has 0 saturated heterocycles. The van der Waals surface area contributed by atoms with Crippen LogP contribution in [0.2, 0.25) is 0 Å². The van der Waals surface area contributed by atoms with Crippen LogP contribution in [0.25, 0.3) is 223 Å². The average Bonchev–Trinajstić information content (AvgIpc) is 1.12. The van der Waals surface area contributed by atoms with Crippen molar-refractivity contribution in [3.05, 3.63) is 364 Å². The van der Waals surface area contributed by atoms with Gasteiger partial charge in [-0.05, 0) is 209 Å². The van der Waals surface area contributed by atoms with Gasteiger partial charge in [0, 0.05) is 80.7 Å². The van der Waals surface area contributed by atoms with E-state index in [-0.39, 0.29) is 0 Å². The van der Waals surface area contributed by atoms with Gasteiger partial charge >= 0.3 is 0 Å². The Hall–Kier alpha value is -12.4. The molecule has 4 heterocycles. The highest BCUT2D eigenvalue weighted by Gasteiger charge is 2.20. The second-order valence-electron chi connectivity index (χ2n) is 28.0. The van der Waals surface area contributed by atoms with Crippen molar-refractivity contribution in [2.45, 2.75) is 0 Å². The van der Waals surface area contributed by atoms with Crippen molar-refractivity contribution >= 4 is 191 Å². The van der Waals surface area contributed by atoms with E-state index in [1.54, 1.807) is 0 Å². The van der Waals surface area contributed by atoms with Crippen LogP contribution in [0, 0.1) is 0 Å². The van der Waals surface area contributed by atoms with Crippen LogP contribution in [-0.4, -0.2) is 0 Å². The minimum absolute atomic E-state index is 1.23. The molecular weight excluding hydrogens is 1350 g/mol. The highest BCUT2D eigenvalue weighted by molar-refractivity contribution is 7.27. The van der Waals surface area contributed by atoms with E-state index < -0.39 is 0 Å².